The topological polar surface area (TPSA) is 81.0 Å². The summed E-state index contributed by atoms with van der Waals surface area (Å²) in [7, 11) is -3.61. The molecule has 1 aliphatic heterocycles. The number of halogens is 2. The van der Waals surface area contributed by atoms with Gasteiger partial charge in [-0.15, -0.1) is 0 Å². The summed E-state index contributed by atoms with van der Waals surface area (Å²) in [6.07, 6.45) is 2.73. The fourth-order valence-electron chi connectivity index (χ4n) is 4.21. The van der Waals surface area contributed by atoms with Gasteiger partial charge in [-0.25, -0.2) is 8.42 Å². The molecule has 2 aromatic carbocycles. The van der Waals surface area contributed by atoms with Gasteiger partial charge in [0, 0.05) is 36.3 Å². The van der Waals surface area contributed by atoms with E-state index in [1.165, 1.54) is 35.6 Å². The highest BCUT2D eigenvalue weighted by Gasteiger charge is 2.31. The minimum atomic E-state index is -3.61. The van der Waals surface area contributed by atoms with Crippen molar-refractivity contribution in [2.24, 2.45) is 4.99 Å². The molecule has 1 aliphatic rings. The van der Waals surface area contributed by atoms with Crippen LogP contribution >= 0.6 is 34.5 Å². The predicted octanol–water partition coefficient (Wildman–Crippen LogP) is 5.35. The van der Waals surface area contributed by atoms with E-state index in [2.05, 4.69) is 4.99 Å². The molecule has 0 saturated carbocycles. The van der Waals surface area contributed by atoms with E-state index < -0.39 is 15.9 Å². The number of piperidine rings is 1. The first-order valence-electron chi connectivity index (χ1n) is 11.5. The molecule has 1 saturated heterocycles. The van der Waals surface area contributed by atoms with Crippen LogP contribution in [-0.2, 0) is 21.3 Å². The van der Waals surface area contributed by atoms with Crippen LogP contribution in [0.4, 0.5) is 0 Å². The molecule has 1 unspecified atom stereocenters. The molecule has 35 heavy (non-hydrogen) atoms. The Balaban J connectivity index is 1.66. The highest BCUT2D eigenvalue weighted by Crippen LogP contribution is 2.30. The van der Waals surface area contributed by atoms with Crippen LogP contribution in [0.5, 0.6) is 0 Å². The Morgan fingerprint density at radius 1 is 1.20 bits per heavy atom. The molecule has 1 aromatic heterocycles. The molecule has 4 rings (SSSR count). The summed E-state index contributed by atoms with van der Waals surface area (Å²) in [6.45, 7) is 5.82. The minimum Gasteiger partial charge on any atom is -0.380 e. The molecule has 3 aromatic rings. The van der Waals surface area contributed by atoms with Gasteiger partial charge in [-0.2, -0.15) is 9.30 Å². The average Bonchev–Trinajstić information content (AvgIpc) is 3.16. The van der Waals surface area contributed by atoms with Crippen LogP contribution in [0, 0.1) is 0 Å². The minimum absolute atomic E-state index is 0.0366. The van der Waals surface area contributed by atoms with E-state index in [1.54, 1.807) is 16.4 Å². The van der Waals surface area contributed by atoms with E-state index in [-0.39, 0.29) is 10.9 Å². The fourth-order valence-corrected chi connectivity index (χ4v) is 7.74. The van der Waals surface area contributed by atoms with E-state index in [0.717, 1.165) is 29.5 Å². The maximum Gasteiger partial charge on any atom is 0.279 e. The van der Waals surface area contributed by atoms with Gasteiger partial charge in [0.05, 0.1) is 26.7 Å². The number of ether oxygens (including phenoxy) is 1. The van der Waals surface area contributed by atoms with Crippen molar-refractivity contribution in [3.8, 4) is 0 Å². The zero-order chi connectivity index (χ0) is 25.2. The normalized spacial score (nSPS) is 17.8. The third-order valence-corrected chi connectivity index (χ3v) is 9.57. The Kier molecular flexibility index (Phi) is 8.35. The Labute approximate surface area is 219 Å². The van der Waals surface area contributed by atoms with E-state index in [0.29, 0.717) is 46.7 Å². The molecule has 0 N–H and O–H groups in total. The third-order valence-electron chi connectivity index (χ3n) is 6.01. The third kappa shape index (κ3) is 5.65. The highest BCUT2D eigenvalue weighted by atomic mass is 35.5. The summed E-state index contributed by atoms with van der Waals surface area (Å²) in [5.74, 6) is -0.473. The quantitative estimate of drug-likeness (QED) is 0.368. The summed E-state index contributed by atoms with van der Waals surface area (Å²) in [4.78, 5) is 18.0. The monoisotopic (exact) mass is 555 g/mol. The van der Waals surface area contributed by atoms with Gasteiger partial charge in [0.1, 0.15) is 0 Å². The molecule has 188 valence electrons. The van der Waals surface area contributed by atoms with Crippen molar-refractivity contribution in [3.05, 3.63) is 56.8 Å². The summed E-state index contributed by atoms with van der Waals surface area (Å²) in [5.41, 5.74) is 1.04. The maximum atomic E-state index is 13.1. The molecule has 0 bridgehead atoms. The van der Waals surface area contributed by atoms with Crippen molar-refractivity contribution >= 4 is 60.7 Å². The lowest BCUT2D eigenvalue weighted by molar-refractivity contribution is 0.0996. The number of hydrogen-bond acceptors (Lipinski definition) is 5. The van der Waals surface area contributed by atoms with Crippen molar-refractivity contribution in [2.45, 2.75) is 50.6 Å². The van der Waals surface area contributed by atoms with Gasteiger partial charge in [-0.1, -0.05) is 41.0 Å². The summed E-state index contributed by atoms with van der Waals surface area (Å²) >= 11 is 13.9. The molecular formula is C24H27Cl2N3O4S2. The first-order chi connectivity index (χ1) is 16.7. The number of hydrogen-bond donors (Lipinski definition) is 0. The van der Waals surface area contributed by atoms with Crippen molar-refractivity contribution in [2.75, 3.05) is 19.8 Å². The second kappa shape index (κ2) is 11.1. The first-order valence-corrected chi connectivity index (χ1v) is 14.5. The number of nitrogens with zero attached hydrogens (tertiary/aromatic N) is 3. The summed E-state index contributed by atoms with van der Waals surface area (Å²) in [5, 5.41) is 0.967. The summed E-state index contributed by atoms with van der Waals surface area (Å²) in [6, 6.07) is 9.38. The van der Waals surface area contributed by atoms with Crippen molar-refractivity contribution in [1.82, 2.24) is 8.87 Å². The lowest BCUT2D eigenvalue weighted by atomic mass is 10.1. The van der Waals surface area contributed by atoms with Gasteiger partial charge in [0.25, 0.3) is 5.91 Å². The lowest BCUT2D eigenvalue weighted by Gasteiger charge is -2.32. The van der Waals surface area contributed by atoms with Gasteiger partial charge in [-0.05, 0) is 63.1 Å². The second-order valence-corrected chi connectivity index (χ2v) is 12.1. The molecule has 0 radical (unpaired) electrons. The van der Waals surface area contributed by atoms with E-state index in [4.69, 9.17) is 27.9 Å². The molecule has 1 atom stereocenters. The SMILES string of the molecule is CCOCCn1c(=NC(=O)c2ccc(S(=O)(=O)N3CCCCC3C)cc2)sc2cc(Cl)cc(Cl)c21. The maximum absolute atomic E-state index is 13.1. The van der Waals surface area contributed by atoms with Crippen molar-refractivity contribution < 1.29 is 17.9 Å². The van der Waals surface area contributed by atoms with Crippen molar-refractivity contribution in [3.63, 3.8) is 0 Å². The van der Waals surface area contributed by atoms with Crippen LogP contribution in [0.3, 0.4) is 0 Å². The smallest absolute Gasteiger partial charge is 0.279 e. The number of fused-ring (bicyclic) bond motifs is 1. The van der Waals surface area contributed by atoms with E-state index in [9.17, 15) is 13.2 Å². The van der Waals surface area contributed by atoms with Gasteiger partial charge >= 0.3 is 0 Å². The number of benzene rings is 2. The van der Waals surface area contributed by atoms with E-state index >= 15 is 0 Å². The largest absolute Gasteiger partial charge is 0.380 e. The number of rotatable bonds is 7. The first kappa shape index (κ1) is 26.3. The molecule has 0 aliphatic carbocycles. The zero-order valence-corrected chi connectivity index (χ0v) is 22.7. The molecule has 2 heterocycles. The Bertz CT molecular complexity index is 1400. The lowest BCUT2D eigenvalue weighted by Crippen LogP contribution is -2.41. The van der Waals surface area contributed by atoms with Crippen LogP contribution in [-0.4, -0.2) is 49.0 Å². The molecule has 1 fully saturated rings. The van der Waals surface area contributed by atoms with Crippen LogP contribution < -0.4 is 4.80 Å². The standard InChI is InChI=1S/C24H27Cl2N3O4S2/c1-3-33-13-12-28-22-20(26)14-18(25)15-21(22)34-24(28)27-23(30)17-7-9-19(10-8-17)35(31,32)29-11-5-4-6-16(29)2/h7-10,14-16H,3-6,11-13H2,1-2H3. The average molecular weight is 557 g/mol. The number of amides is 1. The van der Waals surface area contributed by atoms with Crippen molar-refractivity contribution in [1.29, 1.82) is 0 Å². The molecular weight excluding hydrogens is 529 g/mol. The van der Waals surface area contributed by atoms with Gasteiger partial charge < -0.3 is 9.30 Å². The van der Waals surface area contributed by atoms with Crippen LogP contribution in [0.1, 0.15) is 43.5 Å². The second-order valence-electron chi connectivity index (χ2n) is 8.37. The molecule has 0 spiro atoms. The van der Waals surface area contributed by atoms with Crippen LogP contribution in [0.2, 0.25) is 10.0 Å². The van der Waals surface area contributed by atoms with Crippen LogP contribution in [0.25, 0.3) is 10.2 Å². The number of thiazole rings is 1. The Hall–Kier alpha value is -1.75. The number of aromatic nitrogens is 1. The predicted molar refractivity (Wildman–Crippen MR) is 140 cm³/mol. The molecule has 7 nitrogen and oxygen atoms in total. The fraction of sp³-hybridized carbons (Fsp3) is 0.417. The van der Waals surface area contributed by atoms with Crippen LogP contribution in [0.15, 0.2) is 46.3 Å². The zero-order valence-electron chi connectivity index (χ0n) is 19.5. The van der Waals surface area contributed by atoms with E-state index in [1.807, 2.05) is 18.4 Å². The Morgan fingerprint density at radius 2 is 1.94 bits per heavy atom. The number of carbonyl (C=O) groups excluding carboxylic acids is 1. The summed E-state index contributed by atoms with van der Waals surface area (Å²) < 4.78 is 35.9. The highest BCUT2D eigenvalue weighted by molar-refractivity contribution is 7.89. The number of carbonyl (C=O) groups is 1. The number of sulfonamides is 1. The van der Waals surface area contributed by atoms with Gasteiger partial charge in [0.15, 0.2) is 4.80 Å². The van der Waals surface area contributed by atoms with Gasteiger partial charge in [-0.3, -0.25) is 4.79 Å². The Morgan fingerprint density at radius 3 is 2.63 bits per heavy atom. The van der Waals surface area contributed by atoms with Gasteiger partial charge in [0.2, 0.25) is 10.0 Å². The molecule has 1 amide bonds. The molecule has 11 heteroatoms.